The first-order chi connectivity index (χ1) is 13.9. The van der Waals surface area contributed by atoms with Gasteiger partial charge < -0.3 is 9.80 Å². The Balaban J connectivity index is 1.52. The van der Waals surface area contributed by atoms with E-state index in [2.05, 4.69) is 48.1 Å². The van der Waals surface area contributed by atoms with Crippen molar-refractivity contribution in [2.75, 3.05) is 31.1 Å². The fourth-order valence-corrected chi connectivity index (χ4v) is 4.08. The van der Waals surface area contributed by atoms with Crippen LogP contribution in [-0.4, -0.2) is 46.8 Å². The van der Waals surface area contributed by atoms with Crippen LogP contribution in [0, 0.1) is 27.7 Å². The van der Waals surface area contributed by atoms with Crippen molar-refractivity contribution in [3.05, 3.63) is 76.6 Å². The molecule has 29 heavy (non-hydrogen) atoms. The van der Waals surface area contributed by atoms with Crippen LogP contribution in [0.1, 0.15) is 32.9 Å². The van der Waals surface area contributed by atoms with E-state index in [0.717, 1.165) is 30.0 Å². The zero-order chi connectivity index (χ0) is 20.5. The molecular formula is C24H28N4O. The molecule has 1 fully saturated rings. The van der Waals surface area contributed by atoms with Gasteiger partial charge in [-0.2, -0.15) is 5.10 Å². The molecule has 1 amide bonds. The molecule has 5 heteroatoms. The van der Waals surface area contributed by atoms with E-state index in [0.29, 0.717) is 18.8 Å². The highest BCUT2D eigenvalue weighted by molar-refractivity contribution is 5.93. The fourth-order valence-electron chi connectivity index (χ4n) is 4.08. The van der Waals surface area contributed by atoms with Crippen LogP contribution in [-0.2, 0) is 0 Å². The highest BCUT2D eigenvalue weighted by Crippen LogP contribution is 2.23. The number of aromatic nitrogens is 2. The van der Waals surface area contributed by atoms with Gasteiger partial charge in [0.2, 0.25) is 0 Å². The molecule has 150 valence electrons. The molecule has 4 rings (SSSR count). The molecule has 2 aromatic carbocycles. The van der Waals surface area contributed by atoms with E-state index >= 15 is 0 Å². The third-order valence-electron chi connectivity index (χ3n) is 5.56. The number of rotatable bonds is 3. The van der Waals surface area contributed by atoms with Crippen molar-refractivity contribution in [1.29, 1.82) is 0 Å². The number of anilines is 1. The van der Waals surface area contributed by atoms with E-state index in [-0.39, 0.29) is 5.91 Å². The minimum Gasteiger partial charge on any atom is -0.368 e. The molecule has 0 spiro atoms. The summed E-state index contributed by atoms with van der Waals surface area (Å²) in [4.78, 5) is 17.6. The molecule has 1 saturated heterocycles. The van der Waals surface area contributed by atoms with E-state index in [1.165, 1.54) is 16.8 Å². The van der Waals surface area contributed by atoms with Gasteiger partial charge in [0, 0.05) is 31.9 Å². The lowest BCUT2D eigenvalue weighted by molar-refractivity contribution is 0.0737. The van der Waals surface area contributed by atoms with Gasteiger partial charge in [-0.15, -0.1) is 0 Å². The lowest BCUT2D eigenvalue weighted by Gasteiger charge is -2.36. The SMILES string of the molecule is Cc1cccc(-n2nc(C)cc2C(=O)N2CCN(c3ccc(C)cc3C)CC2)c1. The van der Waals surface area contributed by atoms with E-state index in [4.69, 9.17) is 0 Å². The number of hydrogen-bond acceptors (Lipinski definition) is 3. The van der Waals surface area contributed by atoms with Crippen molar-refractivity contribution in [1.82, 2.24) is 14.7 Å². The summed E-state index contributed by atoms with van der Waals surface area (Å²) in [5.41, 5.74) is 7.39. The second-order valence-corrected chi connectivity index (χ2v) is 7.99. The lowest BCUT2D eigenvalue weighted by Crippen LogP contribution is -2.49. The Kier molecular flexibility index (Phi) is 5.14. The monoisotopic (exact) mass is 388 g/mol. The van der Waals surface area contributed by atoms with Crippen LogP contribution in [0.3, 0.4) is 0 Å². The van der Waals surface area contributed by atoms with Crippen LogP contribution in [0.2, 0.25) is 0 Å². The maximum absolute atomic E-state index is 13.3. The minimum absolute atomic E-state index is 0.0485. The predicted molar refractivity (Wildman–Crippen MR) is 117 cm³/mol. The first-order valence-corrected chi connectivity index (χ1v) is 10.2. The second kappa shape index (κ2) is 7.74. The van der Waals surface area contributed by atoms with Gasteiger partial charge in [-0.25, -0.2) is 4.68 Å². The maximum Gasteiger partial charge on any atom is 0.272 e. The van der Waals surface area contributed by atoms with Gasteiger partial charge >= 0.3 is 0 Å². The topological polar surface area (TPSA) is 41.4 Å². The zero-order valence-electron chi connectivity index (χ0n) is 17.6. The lowest BCUT2D eigenvalue weighted by atomic mass is 10.1. The van der Waals surface area contributed by atoms with Crippen molar-refractivity contribution in [3.8, 4) is 5.69 Å². The van der Waals surface area contributed by atoms with E-state index in [1.807, 2.05) is 43.0 Å². The van der Waals surface area contributed by atoms with E-state index in [1.54, 1.807) is 4.68 Å². The third kappa shape index (κ3) is 3.90. The van der Waals surface area contributed by atoms with Crippen LogP contribution < -0.4 is 4.90 Å². The summed E-state index contributed by atoms with van der Waals surface area (Å²) in [6.45, 7) is 11.4. The molecule has 0 bridgehead atoms. The Morgan fingerprint density at radius 2 is 1.59 bits per heavy atom. The molecule has 0 unspecified atom stereocenters. The number of benzene rings is 2. The maximum atomic E-state index is 13.3. The standard InChI is InChI=1S/C24H28N4O/c1-17-6-5-7-21(15-17)28-23(16-20(4)25-28)24(29)27-12-10-26(11-13-27)22-9-8-18(2)14-19(22)3/h5-9,14-16H,10-13H2,1-4H3. The average Bonchev–Trinajstić information content (AvgIpc) is 3.09. The van der Waals surface area contributed by atoms with Crippen molar-refractivity contribution >= 4 is 11.6 Å². The molecule has 0 N–H and O–H groups in total. The van der Waals surface area contributed by atoms with Gasteiger partial charge in [0.1, 0.15) is 5.69 Å². The number of aryl methyl sites for hydroxylation is 4. The van der Waals surface area contributed by atoms with Gasteiger partial charge in [0.05, 0.1) is 11.4 Å². The summed E-state index contributed by atoms with van der Waals surface area (Å²) < 4.78 is 1.78. The van der Waals surface area contributed by atoms with Crippen LogP contribution >= 0.6 is 0 Å². The largest absolute Gasteiger partial charge is 0.368 e. The summed E-state index contributed by atoms with van der Waals surface area (Å²) in [7, 11) is 0. The smallest absolute Gasteiger partial charge is 0.272 e. The van der Waals surface area contributed by atoms with Crippen LogP contribution in [0.5, 0.6) is 0 Å². The number of amides is 1. The Morgan fingerprint density at radius 1 is 0.862 bits per heavy atom. The normalized spacial score (nSPS) is 14.3. The molecule has 5 nitrogen and oxygen atoms in total. The van der Waals surface area contributed by atoms with Crippen LogP contribution in [0.25, 0.3) is 5.69 Å². The molecular weight excluding hydrogens is 360 g/mol. The summed E-state index contributed by atoms with van der Waals surface area (Å²) in [5.74, 6) is 0.0485. The molecule has 0 radical (unpaired) electrons. The summed E-state index contributed by atoms with van der Waals surface area (Å²) in [6, 6.07) is 16.6. The summed E-state index contributed by atoms with van der Waals surface area (Å²) in [5, 5.41) is 4.58. The minimum atomic E-state index is 0.0485. The van der Waals surface area contributed by atoms with Crippen molar-refractivity contribution < 1.29 is 4.79 Å². The predicted octanol–water partition coefficient (Wildman–Crippen LogP) is 4.07. The molecule has 3 aromatic rings. The van der Waals surface area contributed by atoms with Crippen molar-refractivity contribution in [2.24, 2.45) is 0 Å². The van der Waals surface area contributed by atoms with Gasteiger partial charge in [-0.05, 0) is 63.1 Å². The van der Waals surface area contributed by atoms with Crippen LogP contribution in [0.15, 0.2) is 48.5 Å². The molecule has 0 atom stereocenters. The molecule has 0 saturated carbocycles. The quantitative estimate of drug-likeness (QED) is 0.679. The summed E-state index contributed by atoms with van der Waals surface area (Å²) >= 11 is 0. The molecule has 1 aromatic heterocycles. The fraction of sp³-hybridized carbons (Fsp3) is 0.333. The Hall–Kier alpha value is -3.08. The highest BCUT2D eigenvalue weighted by atomic mass is 16.2. The van der Waals surface area contributed by atoms with E-state index in [9.17, 15) is 4.79 Å². The second-order valence-electron chi connectivity index (χ2n) is 7.99. The summed E-state index contributed by atoms with van der Waals surface area (Å²) in [6.07, 6.45) is 0. The first-order valence-electron chi connectivity index (χ1n) is 10.2. The zero-order valence-corrected chi connectivity index (χ0v) is 17.6. The number of piperazine rings is 1. The average molecular weight is 389 g/mol. The number of carbonyl (C=O) groups is 1. The van der Waals surface area contributed by atoms with Gasteiger partial charge in [-0.3, -0.25) is 4.79 Å². The molecule has 0 aliphatic carbocycles. The Bertz CT molecular complexity index is 1040. The van der Waals surface area contributed by atoms with Gasteiger partial charge in [-0.1, -0.05) is 29.8 Å². The molecule has 1 aliphatic heterocycles. The van der Waals surface area contributed by atoms with Crippen molar-refractivity contribution in [3.63, 3.8) is 0 Å². The molecule has 1 aliphatic rings. The molecule has 2 heterocycles. The van der Waals surface area contributed by atoms with Crippen LogP contribution in [0.4, 0.5) is 5.69 Å². The third-order valence-corrected chi connectivity index (χ3v) is 5.56. The van der Waals surface area contributed by atoms with Gasteiger partial charge in [0.15, 0.2) is 0 Å². The number of nitrogens with zero attached hydrogens (tertiary/aromatic N) is 4. The van der Waals surface area contributed by atoms with Gasteiger partial charge in [0.25, 0.3) is 5.91 Å². The number of hydrogen-bond donors (Lipinski definition) is 0. The Labute approximate surface area is 172 Å². The first kappa shape index (κ1) is 19.2. The number of carbonyl (C=O) groups excluding carboxylic acids is 1. The Morgan fingerprint density at radius 3 is 2.28 bits per heavy atom. The highest BCUT2D eigenvalue weighted by Gasteiger charge is 2.26. The van der Waals surface area contributed by atoms with Crippen molar-refractivity contribution in [2.45, 2.75) is 27.7 Å². The van der Waals surface area contributed by atoms with E-state index < -0.39 is 0 Å².